The summed E-state index contributed by atoms with van der Waals surface area (Å²) in [5, 5.41) is 4.83. The third-order valence-electron chi connectivity index (χ3n) is 5.19. The molecule has 1 fully saturated rings. The summed E-state index contributed by atoms with van der Waals surface area (Å²) < 4.78 is 0. The highest BCUT2D eigenvalue weighted by Crippen LogP contribution is 2.41. The molecule has 0 amide bonds. The molecule has 0 spiro atoms. The Labute approximate surface area is 148 Å². The van der Waals surface area contributed by atoms with Gasteiger partial charge < -0.3 is 10.2 Å². The molecule has 0 radical (unpaired) electrons. The van der Waals surface area contributed by atoms with Crippen LogP contribution in [0.3, 0.4) is 0 Å². The lowest BCUT2D eigenvalue weighted by molar-refractivity contribution is 0.509. The predicted molar refractivity (Wildman–Crippen MR) is 102 cm³/mol. The highest BCUT2D eigenvalue weighted by molar-refractivity contribution is 7.19. The number of nitrogens with one attached hydrogen (secondary N) is 1. The summed E-state index contributed by atoms with van der Waals surface area (Å²) in [4.78, 5) is 15.3. The number of aryl methyl sites for hydroxylation is 1. The predicted octanol–water partition coefficient (Wildman–Crippen LogP) is 3.42. The van der Waals surface area contributed by atoms with Gasteiger partial charge in [0, 0.05) is 37.5 Å². The second kappa shape index (κ2) is 6.60. The monoisotopic (exact) mass is 344 g/mol. The fraction of sp³-hybridized carbons (Fsp3) is 0.684. The van der Waals surface area contributed by atoms with Crippen LogP contribution in [0.4, 0.5) is 5.82 Å². The Morgan fingerprint density at radius 1 is 1.25 bits per heavy atom. The molecule has 1 atom stereocenters. The zero-order chi connectivity index (χ0) is 16.7. The molecule has 0 aromatic carbocycles. The van der Waals surface area contributed by atoms with Crippen LogP contribution in [0.15, 0.2) is 0 Å². The fourth-order valence-corrected chi connectivity index (χ4v) is 5.32. The highest BCUT2D eigenvalue weighted by Gasteiger charge is 2.26. The van der Waals surface area contributed by atoms with Crippen LogP contribution in [0.25, 0.3) is 10.2 Å². The zero-order valence-corrected chi connectivity index (χ0v) is 15.9. The summed E-state index contributed by atoms with van der Waals surface area (Å²) in [6, 6.07) is 0. The minimum absolute atomic E-state index is 0.591. The van der Waals surface area contributed by atoms with Crippen molar-refractivity contribution in [2.75, 3.05) is 31.1 Å². The lowest BCUT2D eigenvalue weighted by atomic mass is 9.89. The van der Waals surface area contributed by atoms with Crippen LogP contribution in [0.2, 0.25) is 0 Å². The molecular weight excluding hydrogens is 316 g/mol. The number of rotatable bonds is 3. The number of thiophene rings is 1. The highest BCUT2D eigenvalue weighted by atomic mass is 32.1. The molecule has 4 nitrogen and oxygen atoms in total. The summed E-state index contributed by atoms with van der Waals surface area (Å²) >= 11 is 1.93. The van der Waals surface area contributed by atoms with Gasteiger partial charge in [-0.25, -0.2) is 9.97 Å². The van der Waals surface area contributed by atoms with Crippen LogP contribution < -0.4 is 10.2 Å². The first-order chi connectivity index (χ1) is 11.6. The number of aromatic nitrogens is 2. The number of hydrogen-bond acceptors (Lipinski definition) is 5. The van der Waals surface area contributed by atoms with E-state index in [1.165, 1.54) is 35.3 Å². The van der Waals surface area contributed by atoms with Gasteiger partial charge in [0.2, 0.25) is 0 Å². The standard InChI is InChI=1S/C19H28N4S/c1-12(2)10-16-21-18(23-8-6-20-7-9-23)17-14-5-4-13(3)11-15(14)24-19(17)22-16/h12-13,20H,4-11H2,1-3H3. The molecule has 4 rings (SSSR count). The van der Waals surface area contributed by atoms with Crippen LogP contribution in [-0.2, 0) is 19.3 Å². The Bertz CT molecular complexity index is 731. The first-order valence-corrected chi connectivity index (χ1v) is 10.2. The van der Waals surface area contributed by atoms with Crippen molar-refractivity contribution in [3.63, 3.8) is 0 Å². The van der Waals surface area contributed by atoms with Gasteiger partial charge in [0.1, 0.15) is 16.5 Å². The number of fused-ring (bicyclic) bond motifs is 3. The van der Waals surface area contributed by atoms with Gasteiger partial charge in [0.25, 0.3) is 0 Å². The molecule has 130 valence electrons. The maximum atomic E-state index is 5.06. The van der Waals surface area contributed by atoms with E-state index < -0.39 is 0 Å². The van der Waals surface area contributed by atoms with Gasteiger partial charge in [-0.3, -0.25) is 0 Å². The topological polar surface area (TPSA) is 41.1 Å². The van der Waals surface area contributed by atoms with Crippen LogP contribution >= 0.6 is 11.3 Å². The van der Waals surface area contributed by atoms with Crippen molar-refractivity contribution >= 4 is 27.4 Å². The molecule has 2 aromatic rings. The van der Waals surface area contributed by atoms with E-state index in [-0.39, 0.29) is 0 Å². The van der Waals surface area contributed by atoms with E-state index in [4.69, 9.17) is 9.97 Å². The lowest BCUT2D eigenvalue weighted by Crippen LogP contribution is -2.44. The van der Waals surface area contributed by atoms with Gasteiger partial charge in [-0.2, -0.15) is 0 Å². The van der Waals surface area contributed by atoms with Crippen molar-refractivity contribution in [2.24, 2.45) is 11.8 Å². The normalized spacial score (nSPS) is 21.5. The summed E-state index contributed by atoms with van der Waals surface area (Å²) in [7, 11) is 0. The second-order valence-electron chi connectivity index (χ2n) is 7.83. The van der Waals surface area contributed by atoms with Gasteiger partial charge in [0.15, 0.2) is 0 Å². The number of anilines is 1. The van der Waals surface area contributed by atoms with Crippen molar-refractivity contribution in [3.05, 3.63) is 16.3 Å². The molecule has 0 saturated carbocycles. The minimum Gasteiger partial charge on any atom is -0.353 e. The first kappa shape index (κ1) is 16.3. The van der Waals surface area contributed by atoms with Crippen LogP contribution in [0.1, 0.15) is 43.5 Å². The van der Waals surface area contributed by atoms with Gasteiger partial charge in [0.05, 0.1) is 5.39 Å². The van der Waals surface area contributed by atoms with Crippen molar-refractivity contribution in [1.29, 1.82) is 0 Å². The Morgan fingerprint density at radius 3 is 2.79 bits per heavy atom. The average molecular weight is 345 g/mol. The van der Waals surface area contributed by atoms with Gasteiger partial charge in [-0.15, -0.1) is 11.3 Å². The van der Waals surface area contributed by atoms with E-state index in [2.05, 4.69) is 31.0 Å². The molecule has 1 aliphatic heterocycles. The number of hydrogen-bond donors (Lipinski definition) is 1. The molecule has 5 heteroatoms. The molecule has 0 bridgehead atoms. The fourth-order valence-electron chi connectivity index (χ4n) is 3.93. The van der Waals surface area contributed by atoms with E-state index in [0.717, 1.165) is 44.3 Å². The van der Waals surface area contributed by atoms with Crippen molar-refractivity contribution < 1.29 is 0 Å². The molecule has 24 heavy (non-hydrogen) atoms. The largest absolute Gasteiger partial charge is 0.353 e. The maximum absolute atomic E-state index is 5.06. The van der Waals surface area contributed by atoms with Gasteiger partial charge in [-0.1, -0.05) is 20.8 Å². The quantitative estimate of drug-likeness (QED) is 0.926. The Balaban J connectivity index is 1.85. The SMILES string of the molecule is CC(C)Cc1nc(N2CCNCC2)c2c3c(sc2n1)CC(C)CC3. The third kappa shape index (κ3) is 3.04. The lowest BCUT2D eigenvalue weighted by Gasteiger charge is -2.30. The molecule has 1 unspecified atom stereocenters. The van der Waals surface area contributed by atoms with E-state index in [0.29, 0.717) is 5.92 Å². The Hall–Kier alpha value is -1.20. The van der Waals surface area contributed by atoms with Gasteiger partial charge in [-0.05, 0) is 36.7 Å². The zero-order valence-electron chi connectivity index (χ0n) is 15.1. The Kier molecular flexibility index (Phi) is 4.48. The molecule has 2 aliphatic rings. The minimum atomic E-state index is 0.591. The summed E-state index contributed by atoms with van der Waals surface area (Å²) in [6.07, 6.45) is 4.68. The van der Waals surface area contributed by atoms with E-state index in [1.54, 1.807) is 10.4 Å². The second-order valence-corrected chi connectivity index (χ2v) is 8.91. The maximum Gasteiger partial charge on any atom is 0.141 e. The summed E-state index contributed by atoms with van der Waals surface area (Å²) in [6.45, 7) is 11.1. The van der Waals surface area contributed by atoms with Crippen LogP contribution in [-0.4, -0.2) is 36.1 Å². The third-order valence-corrected chi connectivity index (χ3v) is 6.34. The van der Waals surface area contributed by atoms with Crippen LogP contribution in [0, 0.1) is 11.8 Å². The molecular formula is C19H28N4S. The first-order valence-electron chi connectivity index (χ1n) is 9.38. The van der Waals surface area contributed by atoms with Crippen LogP contribution in [0.5, 0.6) is 0 Å². The number of nitrogens with zero attached hydrogens (tertiary/aromatic N) is 3. The smallest absolute Gasteiger partial charge is 0.141 e. The molecule has 1 N–H and O–H groups in total. The van der Waals surface area contributed by atoms with E-state index in [9.17, 15) is 0 Å². The number of piperazine rings is 1. The molecule has 1 aliphatic carbocycles. The van der Waals surface area contributed by atoms with E-state index in [1.807, 2.05) is 11.3 Å². The molecule has 2 aromatic heterocycles. The summed E-state index contributed by atoms with van der Waals surface area (Å²) in [5.74, 6) is 3.63. The van der Waals surface area contributed by atoms with Crippen molar-refractivity contribution in [3.8, 4) is 0 Å². The average Bonchev–Trinajstić information content (AvgIpc) is 2.91. The van der Waals surface area contributed by atoms with E-state index >= 15 is 0 Å². The van der Waals surface area contributed by atoms with Crippen molar-refractivity contribution in [2.45, 2.75) is 46.5 Å². The van der Waals surface area contributed by atoms with Gasteiger partial charge >= 0.3 is 0 Å². The van der Waals surface area contributed by atoms with Crippen molar-refractivity contribution in [1.82, 2.24) is 15.3 Å². The summed E-state index contributed by atoms with van der Waals surface area (Å²) in [5.41, 5.74) is 1.55. The molecule has 3 heterocycles. The Morgan fingerprint density at radius 2 is 2.04 bits per heavy atom. The molecule has 1 saturated heterocycles.